The van der Waals surface area contributed by atoms with Crippen molar-refractivity contribution >= 4 is 0 Å². The van der Waals surface area contributed by atoms with E-state index in [0.29, 0.717) is 12.1 Å². The van der Waals surface area contributed by atoms with Crippen LogP contribution in [0, 0.1) is 0 Å². The van der Waals surface area contributed by atoms with Crippen molar-refractivity contribution in [3.8, 4) is 0 Å². The topological polar surface area (TPSA) is 24.6 Å². The minimum atomic E-state index is 0.214. The van der Waals surface area contributed by atoms with E-state index in [1.807, 2.05) is 0 Å². The van der Waals surface area contributed by atoms with Crippen molar-refractivity contribution in [3.05, 3.63) is 0 Å². The molecule has 1 aliphatic rings. The number of nitrogens with one attached hydrogen (secondary N) is 1. The lowest BCUT2D eigenvalue weighted by Gasteiger charge is -2.24. The van der Waals surface area contributed by atoms with Crippen LogP contribution in [0.25, 0.3) is 0 Å². The summed E-state index contributed by atoms with van der Waals surface area (Å²) in [6.07, 6.45) is 0.472. The molecule has 1 rings (SSSR count). The quantitative estimate of drug-likeness (QED) is 0.587. The maximum atomic E-state index is 5.15. The Morgan fingerprint density at radius 2 is 2.00 bits per heavy atom. The number of hydrogen-bond acceptors (Lipinski definition) is 2. The summed E-state index contributed by atoms with van der Waals surface area (Å²) in [4.78, 5) is 0. The van der Waals surface area contributed by atoms with Gasteiger partial charge in [0.1, 0.15) is 0 Å². The second kappa shape index (κ2) is 2.51. The highest BCUT2D eigenvalue weighted by atomic mass is 16.6. The lowest BCUT2D eigenvalue weighted by molar-refractivity contribution is 0.300. The van der Waals surface area contributed by atoms with Crippen molar-refractivity contribution in [3.63, 3.8) is 0 Å². The van der Waals surface area contributed by atoms with E-state index < -0.39 is 0 Å². The predicted molar refractivity (Wildman–Crippen MR) is 42.1 cm³/mol. The average Bonchev–Trinajstić information content (AvgIpc) is 2.35. The van der Waals surface area contributed by atoms with Gasteiger partial charge in [0.2, 0.25) is 0 Å². The van der Waals surface area contributed by atoms with Crippen LogP contribution in [0.5, 0.6) is 0 Å². The molecule has 1 heterocycles. The van der Waals surface area contributed by atoms with E-state index in [1.54, 1.807) is 0 Å². The number of epoxide rings is 1. The molecule has 2 heteroatoms. The number of rotatable bonds is 2. The summed E-state index contributed by atoms with van der Waals surface area (Å²) >= 11 is 0. The summed E-state index contributed by atoms with van der Waals surface area (Å²) < 4.78 is 5.15. The van der Waals surface area contributed by atoms with Gasteiger partial charge in [0.05, 0.1) is 12.7 Å². The van der Waals surface area contributed by atoms with Gasteiger partial charge in [-0.2, -0.15) is 0 Å². The van der Waals surface area contributed by atoms with Crippen molar-refractivity contribution in [1.82, 2.24) is 5.32 Å². The first-order valence-corrected chi connectivity index (χ1v) is 3.88. The molecule has 0 amide bonds. The normalized spacial score (nSPS) is 28.2. The Morgan fingerprint density at radius 1 is 1.50 bits per heavy atom. The van der Waals surface area contributed by atoms with Gasteiger partial charge in [-0.3, -0.25) is 0 Å². The molecule has 0 aliphatic carbocycles. The average molecular weight is 143 g/mol. The lowest BCUT2D eigenvalue weighted by Crippen LogP contribution is -2.44. The largest absolute Gasteiger partial charge is 0.371 e. The Labute approximate surface area is 63.0 Å². The van der Waals surface area contributed by atoms with Gasteiger partial charge < -0.3 is 10.1 Å². The van der Waals surface area contributed by atoms with Crippen molar-refractivity contribution in [2.45, 2.75) is 45.4 Å². The zero-order chi connectivity index (χ0) is 7.78. The van der Waals surface area contributed by atoms with Gasteiger partial charge >= 0.3 is 0 Å². The monoisotopic (exact) mass is 143 g/mol. The van der Waals surface area contributed by atoms with Crippen LogP contribution in [-0.4, -0.2) is 24.3 Å². The molecular weight excluding hydrogens is 126 g/mol. The summed E-state index contributed by atoms with van der Waals surface area (Å²) in [6.45, 7) is 9.62. The Kier molecular flexibility index (Phi) is 2.02. The smallest absolute Gasteiger partial charge is 0.0959 e. The molecule has 1 N–H and O–H groups in total. The molecule has 0 aromatic carbocycles. The van der Waals surface area contributed by atoms with Crippen LogP contribution in [0.4, 0.5) is 0 Å². The molecule has 0 bridgehead atoms. The van der Waals surface area contributed by atoms with Gasteiger partial charge in [-0.25, -0.2) is 0 Å². The Morgan fingerprint density at radius 3 is 2.30 bits per heavy atom. The molecule has 0 spiro atoms. The van der Waals surface area contributed by atoms with Crippen molar-refractivity contribution in [2.24, 2.45) is 0 Å². The third kappa shape index (κ3) is 2.67. The summed E-state index contributed by atoms with van der Waals surface area (Å²) in [5, 5.41) is 3.46. The molecule has 0 radical (unpaired) electrons. The van der Waals surface area contributed by atoms with Crippen LogP contribution in [0.2, 0.25) is 0 Å². The fourth-order valence-electron chi connectivity index (χ4n) is 1.12. The van der Waals surface area contributed by atoms with Gasteiger partial charge in [0, 0.05) is 11.6 Å². The first-order valence-electron chi connectivity index (χ1n) is 3.88. The third-order valence-electron chi connectivity index (χ3n) is 1.58. The zero-order valence-corrected chi connectivity index (χ0v) is 7.27. The standard InChI is InChI=1S/C8H17NO/c1-6(7-5-10-7)9-8(2,3)4/h6-7,9H,5H2,1-4H3. The van der Waals surface area contributed by atoms with Crippen LogP contribution < -0.4 is 5.32 Å². The Balaban J connectivity index is 2.23. The fraction of sp³-hybridized carbons (Fsp3) is 1.00. The Bertz CT molecular complexity index is 113. The van der Waals surface area contributed by atoms with Gasteiger partial charge in [-0.15, -0.1) is 0 Å². The first-order chi connectivity index (χ1) is 4.49. The fourth-order valence-corrected chi connectivity index (χ4v) is 1.12. The highest BCUT2D eigenvalue weighted by molar-refractivity contribution is 4.86. The maximum absolute atomic E-state index is 5.15. The number of ether oxygens (including phenoxy) is 1. The molecule has 60 valence electrons. The molecule has 0 saturated carbocycles. The van der Waals surface area contributed by atoms with Crippen molar-refractivity contribution < 1.29 is 4.74 Å². The first kappa shape index (κ1) is 8.02. The highest BCUT2D eigenvalue weighted by Gasteiger charge is 2.31. The second-order valence-electron chi connectivity index (χ2n) is 4.05. The molecule has 1 aliphatic heterocycles. The van der Waals surface area contributed by atoms with E-state index in [-0.39, 0.29) is 5.54 Å². The van der Waals surface area contributed by atoms with E-state index in [0.717, 1.165) is 6.61 Å². The molecule has 1 saturated heterocycles. The van der Waals surface area contributed by atoms with E-state index in [1.165, 1.54) is 0 Å². The summed E-state index contributed by atoms with van der Waals surface area (Å²) in [5.41, 5.74) is 0.214. The van der Waals surface area contributed by atoms with Gasteiger partial charge in [-0.05, 0) is 27.7 Å². The zero-order valence-electron chi connectivity index (χ0n) is 7.27. The SMILES string of the molecule is CC(NC(C)(C)C)C1CO1. The van der Waals surface area contributed by atoms with Crippen molar-refractivity contribution in [2.75, 3.05) is 6.61 Å². The van der Waals surface area contributed by atoms with Gasteiger partial charge in [-0.1, -0.05) is 0 Å². The molecule has 2 nitrogen and oxygen atoms in total. The van der Waals surface area contributed by atoms with Gasteiger partial charge in [0.25, 0.3) is 0 Å². The van der Waals surface area contributed by atoms with E-state index in [4.69, 9.17) is 4.74 Å². The van der Waals surface area contributed by atoms with Crippen LogP contribution in [0.3, 0.4) is 0 Å². The second-order valence-corrected chi connectivity index (χ2v) is 4.05. The molecule has 2 unspecified atom stereocenters. The van der Waals surface area contributed by atoms with Gasteiger partial charge in [0.15, 0.2) is 0 Å². The molecule has 2 atom stereocenters. The van der Waals surface area contributed by atoms with Crippen LogP contribution >= 0.6 is 0 Å². The molecule has 0 aromatic heterocycles. The third-order valence-corrected chi connectivity index (χ3v) is 1.58. The number of hydrogen-bond donors (Lipinski definition) is 1. The molecule has 0 aromatic rings. The van der Waals surface area contributed by atoms with Crippen LogP contribution in [0.1, 0.15) is 27.7 Å². The minimum Gasteiger partial charge on any atom is -0.371 e. The summed E-state index contributed by atoms with van der Waals surface area (Å²) in [6, 6.07) is 0.500. The van der Waals surface area contributed by atoms with Crippen molar-refractivity contribution in [1.29, 1.82) is 0 Å². The lowest BCUT2D eigenvalue weighted by atomic mass is 10.1. The Hall–Kier alpha value is -0.0800. The summed E-state index contributed by atoms with van der Waals surface area (Å²) in [7, 11) is 0. The molecular formula is C8H17NO. The van der Waals surface area contributed by atoms with E-state index in [2.05, 4.69) is 33.0 Å². The highest BCUT2D eigenvalue weighted by Crippen LogP contribution is 2.15. The summed E-state index contributed by atoms with van der Waals surface area (Å²) in [5.74, 6) is 0. The van der Waals surface area contributed by atoms with Crippen LogP contribution in [0.15, 0.2) is 0 Å². The molecule has 10 heavy (non-hydrogen) atoms. The minimum absolute atomic E-state index is 0.214. The predicted octanol–water partition coefficient (Wildman–Crippen LogP) is 1.16. The van der Waals surface area contributed by atoms with E-state index in [9.17, 15) is 0 Å². The maximum Gasteiger partial charge on any atom is 0.0959 e. The van der Waals surface area contributed by atoms with Crippen LogP contribution in [-0.2, 0) is 4.74 Å². The molecule has 1 fully saturated rings. The van der Waals surface area contributed by atoms with E-state index >= 15 is 0 Å².